The molecule has 6 heteroatoms. The molecule has 2 aromatic rings. The highest BCUT2D eigenvalue weighted by molar-refractivity contribution is 9.10. The van der Waals surface area contributed by atoms with Gasteiger partial charge in [0.15, 0.2) is 5.82 Å². The molecule has 1 aromatic carbocycles. The minimum atomic E-state index is -0.287. The van der Waals surface area contributed by atoms with E-state index in [9.17, 15) is 4.39 Å². The van der Waals surface area contributed by atoms with Crippen molar-refractivity contribution >= 4 is 15.9 Å². The molecule has 4 nitrogen and oxygen atoms in total. The normalized spacial score (nSPS) is 11.2. The van der Waals surface area contributed by atoms with Gasteiger partial charge in [-0.3, -0.25) is 0 Å². The van der Waals surface area contributed by atoms with E-state index in [-0.39, 0.29) is 11.7 Å². The fourth-order valence-electron chi connectivity index (χ4n) is 1.59. The van der Waals surface area contributed by atoms with E-state index < -0.39 is 0 Å². The SMILES string of the molecule is Cc1cc(F)c(Br)cc1-n1nnnc1C(C)C. The summed E-state index contributed by atoms with van der Waals surface area (Å²) >= 11 is 3.17. The Morgan fingerprint density at radius 3 is 2.71 bits per heavy atom. The van der Waals surface area contributed by atoms with Gasteiger partial charge in [0.25, 0.3) is 0 Å². The number of tetrazole rings is 1. The van der Waals surface area contributed by atoms with E-state index >= 15 is 0 Å². The molecular weight excluding hydrogens is 287 g/mol. The molecule has 0 spiro atoms. The van der Waals surface area contributed by atoms with Gasteiger partial charge in [0.1, 0.15) is 5.82 Å². The molecule has 90 valence electrons. The molecule has 0 N–H and O–H groups in total. The molecule has 0 aliphatic heterocycles. The largest absolute Gasteiger partial charge is 0.206 e. The predicted octanol–water partition coefficient (Wildman–Crippen LogP) is 3.00. The van der Waals surface area contributed by atoms with Crippen molar-refractivity contribution < 1.29 is 4.39 Å². The second-order valence-electron chi connectivity index (χ2n) is 4.16. The quantitative estimate of drug-likeness (QED) is 0.856. The zero-order chi connectivity index (χ0) is 12.6. The number of aryl methyl sites for hydroxylation is 1. The standard InChI is InChI=1S/C11H12BrFN4/c1-6(2)11-14-15-16-17(11)10-5-8(12)9(13)4-7(10)3/h4-6H,1-3H3. The smallest absolute Gasteiger partial charge is 0.159 e. The van der Waals surface area contributed by atoms with E-state index in [0.29, 0.717) is 4.47 Å². The van der Waals surface area contributed by atoms with Crippen LogP contribution >= 0.6 is 15.9 Å². The Labute approximate surface area is 107 Å². The Morgan fingerprint density at radius 2 is 2.06 bits per heavy atom. The first kappa shape index (κ1) is 12.2. The van der Waals surface area contributed by atoms with E-state index in [4.69, 9.17) is 0 Å². The van der Waals surface area contributed by atoms with Crippen LogP contribution in [0.5, 0.6) is 0 Å². The molecule has 17 heavy (non-hydrogen) atoms. The highest BCUT2D eigenvalue weighted by atomic mass is 79.9. The third kappa shape index (κ3) is 2.22. The monoisotopic (exact) mass is 298 g/mol. The van der Waals surface area contributed by atoms with Crippen molar-refractivity contribution in [3.05, 3.63) is 33.8 Å². The summed E-state index contributed by atoms with van der Waals surface area (Å²) in [5, 5.41) is 11.6. The van der Waals surface area contributed by atoms with Gasteiger partial charge >= 0.3 is 0 Å². The molecule has 0 saturated carbocycles. The van der Waals surface area contributed by atoms with Gasteiger partial charge in [-0.2, -0.15) is 4.68 Å². The summed E-state index contributed by atoms with van der Waals surface area (Å²) in [5.74, 6) is 0.672. The van der Waals surface area contributed by atoms with Crippen molar-refractivity contribution in [1.82, 2.24) is 20.2 Å². The first-order valence-electron chi connectivity index (χ1n) is 5.25. The average Bonchev–Trinajstić information content (AvgIpc) is 2.72. The van der Waals surface area contributed by atoms with Crippen LogP contribution in [0.15, 0.2) is 16.6 Å². The molecule has 0 fully saturated rings. The molecule has 0 unspecified atom stereocenters. The topological polar surface area (TPSA) is 43.6 Å². The van der Waals surface area contributed by atoms with Crippen molar-refractivity contribution in [1.29, 1.82) is 0 Å². The van der Waals surface area contributed by atoms with Crippen LogP contribution in [0.1, 0.15) is 31.2 Å². The number of rotatable bonds is 2. The third-order valence-electron chi connectivity index (χ3n) is 2.48. The minimum absolute atomic E-state index is 0.202. The van der Waals surface area contributed by atoms with Crippen molar-refractivity contribution in [2.24, 2.45) is 0 Å². The zero-order valence-corrected chi connectivity index (χ0v) is 11.4. The molecule has 0 aliphatic rings. The van der Waals surface area contributed by atoms with Crippen molar-refractivity contribution in [3.8, 4) is 5.69 Å². The van der Waals surface area contributed by atoms with Gasteiger partial charge in [-0.05, 0) is 51.0 Å². The van der Waals surface area contributed by atoms with Crippen LogP contribution in [0.3, 0.4) is 0 Å². The Balaban J connectivity index is 2.60. The molecule has 0 saturated heterocycles. The van der Waals surface area contributed by atoms with Crippen LogP contribution in [0.25, 0.3) is 5.69 Å². The molecule has 2 rings (SSSR count). The Bertz CT molecular complexity index is 550. The molecule has 0 atom stereocenters. The number of nitrogens with zero attached hydrogens (tertiary/aromatic N) is 4. The summed E-state index contributed by atoms with van der Waals surface area (Å²) in [7, 11) is 0. The molecule has 0 radical (unpaired) electrons. The number of benzene rings is 1. The van der Waals surface area contributed by atoms with Crippen LogP contribution in [0, 0.1) is 12.7 Å². The molecule has 1 aromatic heterocycles. The summed E-state index contributed by atoms with van der Waals surface area (Å²) in [5.41, 5.74) is 1.58. The molecule has 0 bridgehead atoms. The van der Waals surface area contributed by atoms with E-state index in [2.05, 4.69) is 31.5 Å². The highest BCUT2D eigenvalue weighted by Crippen LogP contribution is 2.24. The second kappa shape index (κ2) is 4.52. The fourth-order valence-corrected chi connectivity index (χ4v) is 1.92. The van der Waals surface area contributed by atoms with Crippen molar-refractivity contribution in [2.45, 2.75) is 26.7 Å². The molecule has 1 heterocycles. The lowest BCUT2D eigenvalue weighted by molar-refractivity contribution is 0.617. The lowest BCUT2D eigenvalue weighted by atomic mass is 10.1. The van der Waals surface area contributed by atoms with E-state index in [1.807, 2.05) is 20.8 Å². The Kier molecular flexibility index (Phi) is 3.24. The number of hydrogen-bond donors (Lipinski definition) is 0. The zero-order valence-electron chi connectivity index (χ0n) is 9.78. The first-order chi connectivity index (χ1) is 8.00. The van der Waals surface area contributed by atoms with Crippen molar-refractivity contribution in [2.75, 3.05) is 0 Å². The summed E-state index contributed by atoms with van der Waals surface area (Å²) in [4.78, 5) is 0. The predicted molar refractivity (Wildman–Crippen MR) is 65.6 cm³/mol. The van der Waals surface area contributed by atoms with E-state index in [1.54, 1.807) is 10.7 Å². The summed E-state index contributed by atoms with van der Waals surface area (Å²) in [6, 6.07) is 3.15. The maximum Gasteiger partial charge on any atom is 0.159 e. The minimum Gasteiger partial charge on any atom is -0.206 e. The average molecular weight is 299 g/mol. The lowest BCUT2D eigenvalue weighted by Gasteiger charge is -2.10. The third-order valence-corrected chi connectivity index (χ3v) is 3.08. The van der Waals surface area contributed by atoms with Crippen LogP contribution in [0.4, 0.5) is 4.39 Å². The van der Waals surface area contributed by atoms with Gasteiger partial charge in [0.2, 0.25) is 0 Å². The Hall–Kier alpha value is -1.30. The van der Waals surface area contributed by atoms with Gasteiger partial charge in [-0.25, -0.2) is 4.39 Å². The number of halogens is 2. The van der Waals surface area contributed by atoms with Gasteiger partial charge in [0.05, 0.1) is 10.2 Å². The van der Waals surface area contributed by atoms with Gasteiger partial charge < -0.3 is 0 Å². The summed E-state index contributed by atoms with van der Waals surface area (Å²) < 4.78 is 15.4. The first-order valence-corrected chi connectivity index (χ1v) is 6.04. The lowest BCUT2D eigenvalue weighted by Crippen LogP contribution is -2.07. The molecule has 0 amide bonds. The Morgan fingerprint density at radius 1 is 1.35 bits per heavy atom. The van der Waals surface area contributed by atoms with Crippen LogP contribution in [0.2, 0.25) is 0 Å². The van der Waals surface area contributed by atoms with E-state index in [1.165, 1.54) is 6.07 Å². The molecule has 0 aliphatic carbocycles. The van der Waals surface area contributed by atoms with Crippen LogP contribution in [-0.2, 0) is 0 Å². The number of hydrogen-bond acceptors (Lipinski definition) is 3. The number of aromatic nitrogens is 4. The highest BCUT2D eigenvalue weighted by Gasteiger charge is 2.15. The van der Waals surface area contributed by atoms with Gasteiger partial charge in [-0.1, -0.05) is 13.8 Å². The maximum absolute atomic E-state index is 13.4. The van der Waals surface area contributed by atoms with Crippen LogP contribution < -0.4 is 0 Å². The van der Waals surface area contributed by atoms with Crippen molar-refractivity contribution in [3.63, 3.8) is 0 Å². The summed E-state index contributed by atoms with van der Waals surface area (Å²) in [6.45, 7) is 5.85. The van der Waals surface area contributed by atoms with Crippen LogP contribution in [-0.4, -0.2) is 20.2 Å². The fraction of sp³-hybridized carbons (Fsp3) is 0.364. The van der Waals surface area contributed by atoms with Gasteiger partial charge in [-0.15, -0.1) is 5.10 Å². The second-order valence-corrected chi connectivity index (χ2v) is 5.01. The van der Waals surface area contributed by atoms with Gasteiger partial charge in [0, 0.05) is 5.92 Å². The molecular formula is C11H12BrFN4. The maximum atomic E-state index is 13.4. The van der Waals surface area contributed by atoms with E-state index in [0.717, 1.165) is 17.1 Å². The summed E-state index contributed by atoms with van der Waals surface area (Å²) in [6.07, 6.45) is 0.